The van der Waals surface area contributed by atoms with Crippen LogP contribution >= 0.6 is 0 Å². The molecule has 0 aliphatic rings. The van der Waals surface area contributed by atoms with Crippen molar-refractivity contribution in [3.63, 3.8) is 0 Å². The molecule has 0 N–H and O–H groups in total. The van der Waals surface area contributed by atoms with E-state index in [0.717, 1.165) is 34.4 Å². The van der Waals surface area contributed by atoms with Crippen molar-refractivity contribution in [2.45, 2.75) is 13.5 Å². The van der Waals surface area contributed by atoms with Crippen molar-refractivity contribution in [2.24, 2.45) is 12.0 Å². The number of benzene rings is 2. The lowest BCUT2D eigenvalue weighted by Gasteiger charge is -2.01. The van der Waals surface area contributed by atoms with Crippen LogP contribution in [0.4, 0.5) is 5.95 Å². The SMILES string of the molecule is CCn1c(N=Cc2nc3ccccc3n2C)nc2ccccc21. The molecule has 0 unspecified atom stereocenters. The van der Waals surface area contributed by atoms with Crippen LogP contribution in [0.5, 0.6) is 0 Å². The van der Waals surface area contributed by atoms with Gasteiger partial charge >= 0.3 is 0 Å². The highest BCUT2D eigenvalue weighted by Crippen LogP contribution is 2.21. The van der Waals surface area contributed by atoms with Crippen LogP contribution in [0.15, 0.2) is 53.5 Å². The first-order chi connectivity index (χ1) is 11.3. The average Bonchev–Trinajstić information content (AvgIpc) is 3.10. The lowest BCUT2D eigenvalue weighted by atomic mass is 10.3. The highest BCUT2D eigenvalue weighted by molar-refractivity contribution is 5.86. The lowest BCUT2D eigenvalue weighted by molar-refractivity contribution is 0.790. The number of fused-ring (bicyclic) bond motifs is 2. The second kappa shape index (κ2) is 5.35. The molecule has 0 fully saturated rings. The molecule has 0 radical (unpaired) electrons. The summed E-state index contributed by atoms with van der Waals surface area (Å²) in [6.45, 7) is 2.93. The molecule has 114 valence electrons. The molecule has 0 atom stereocenters. The van der Waals surface area contributed by atoms with Crippen molar-refractivity contribution < 1.29 is 0 Å². The second-order valence-electron chi connectivity index (χ2n) is 5.42. The Morgan fingerprint density at radius 2 is 1.61 bits per heavy atom. The van der Waals surface area contributed by atoms with Gasteiger partial charge in [0.2, 0.25) is 5.95 Å². The fraction of sp³-hybridized carbons (Fsp3) is 0.167. The molecule has 5 nitrogen and oxygen atoms in total. The van der Waals surface area contributed by atoms with Crippen molar-refractivity contribution in [3.8, 4) is 0 Å². The number of para-hydroxylation sites is 4. The summed E-state index contributed by atoms with van der Waals surface area (Å²) in [4.78, 5) is 13.8. The summed E-state index contributed by atoms with van der Waals surface area (Å²) in [5.41, 5.74) is 4.14. The van der Waals surface area contributed by atoms with E-state index in [9.17, 15) is 0 Å². The molecule has 0 saturated carbocycles. The summed E-state index contributed by atoms with van der Waals surface area (Å²) in [7, 11) is 2.00. The van der Waals surface area contributed by atoms with Crippen LogP contribution < -0.4 is 0 Å². The minimum absolute atomic E-state index is 0.709. The highest BCUT2D eigenvalue weighted by atomic mass is 15.2. The standard InChI is InChI=1S/C18H17N5/c1-3-23-16-11-7-5-9-14(16)21-18(23)19-12-17-20-13-8-4-6-10-15(13)22(17)2/h4-12H,3H2,1-2H3. The van der Waals surface area contributed by atoms with Gasteiger partial charge in [-0.05, 0) is 31.2 Å². The van der Waals surface area contributed by atoms with E-state index in [2.05, 4.69) is 38.6 Å². The summed E-state index contributed by atoms with van der Waals surface area (Å²) in [6, 6.07) is 16.2. The molecule has 5 heteroatoms. The Labute approximate surface area is 133 Å². The summed E-state index contributed by atoms with van der Waals surface area (Å²) >= 11 is 0. The zero-order chi connectivity index (χ0) is 15.8. The molecule has 4 aromatic rings. The number of hydrogen-bond acceptors (Lipinski definition) is 3. The largest absolute Gasteiger partial charge is 0.326 e. The fourth-order valence-corrected chi connectivity index (χ4v) is 2.87. The van der Waals surface area contributed by atoms with Crippen LogP contribution in [0.2, 0.25) is 0 Å². The van der Waals surface area contributed by atoms with E-state index in [1.807, 2.05) is 48.0 Å². The summed E-state index contributed by atoms with van der Waals surface area (Å²) < 4.78 is 4.15. The van der Waals surface area contributed by atoms with Gasteiger partial charge in [0.1, 0.15) is 0 Å². The third-order valence-electron chi connectivity index (χ3n) is 4.07. The molecule has 2 heterocycles. The first-order valence-corrected chi connectivity index (χ1v) is 7.68. The van der Waals surface area contributed by atoms with E-state index in [4.69, 9.17) is 0 Å². The smallest absolute Gasteiger partial charge is 0.230 e. The number of aryl methyl sites for hydroxylation is 2. The van der Waals surface area contributed by atoms with Crippen molar-refractivity contribution in [3.05, 3.63) is 54.4 Å². The Morgan fingerprint density at radius 1 is 0.957 bits per heavy atom. The lowest BCUT2D eigenvalue weighted by Crippen LogP contribution is -1.97. The van der Waals surface area contributed by atoms with Crippen LogP contribution in [-0.2, 0) is 13.6 Å². The van der Waals surface area contributed by atoms with Crippen molar-refractivity contribution in [1.29, 1.82) is 0 Å². The van der Waals surface area contributed by atoms with E-state index in [1.54, 1.807) is 6.21 Å². The van der Waals surface area contributed by atoms with E-state index in [-0.39, 0.29) is 0 Å². The van der Waals surface area contributed by atoms with Gasteiger partial charge in [-0.2, -0.15) is 0 Å². The van der Waals surface area contributed by atoms with Crippen LogP contribution in [0.25, 0.3) is 22.1 Å². The summed E-state index contributed by atoms with van der Waals surface area (Å²) in [5.74, 6) is 1.53. The third kappa shape index (κ3) is 2.21. The Balaban J connectivity index is 1.80. The van der Waals surface area contributed by atoms with E-state index in [1.165, 1.54) is 0 Å². The van der Waals surface area contributed by atoms with Crippen LogP contribution in [0.1, 0.15) is 12.7 Å². The van der Waals surface area contributed by atoms with Gasteiger partial charge in [0.15, 0.2) is 5.82 Å². The molecule has 0 aliphatic carbocycles. The maximum atomic E-state index is 4.61. The minimum Gasteiger partial charge on any atom is -0.326 e. The molecule has 0 spiro atoms. The van der Waals surface area contributed by atoms with Gasteiger partial charge in [-0.1, -0.05) is 24.3 Å². The zero-order valence-corrected chi connectivity index (χ0v) is 13.1. The predicted molar refractivity (Wildman–Crippen MR) is 93.4 cm³/mol. The van der Waals surface area contributed by atoms with Gasteiger partial charge < -0.3 is 9.13 Å². The Bertz CT molecular complexity index is 1020. The Morgan fingerprint density at radius 3 is 2.30 bits per heavy atom. The maximum absolute atomic E-state index is 4.61. The first-order valence-electron chi connectivity index (χ1n) is 7.68. The molecule has 2 aromatic heterocycles. The van der Waals surface area contributed by atoms with E-state index < -0.39 is 0 Å². The van der Waals surface area contributed by atoms with E-state index in [0.29, 0.717) is 5.95 Å². The number of aliphatic imine (C=N–C) groups is 1. The molecule has 2 aromatic carbocycles. The van der Waals surface area contributed by atoms with Gasteiger partial charge in [-0.3, -0.25) is 0 Å². The van der Waals surface area contributed by atoms with Crippen LogP contribution in [0.3, 0.4) is 0 Å². The molecule has 0 bridgehead atoms. The quantitative estimate of drug-likeness (QED) is 0.542. The third-order valence-corrected chi connectivity index (χ3v) is 4.07. The molecule has 4 rings (SSSR count). The molecule has 23 heavy (non-hydrogen) atoms. The highest BCUT2D eigenvalue weighted by Gasteiger charge is 2.08. The molecule has 0 aliphatic heterocycles. The zero-order valence-electron chi connectivity index (χ0n) is 13.1. The van der Waals surface area contributed by atoms with Gasteiger partial charge in [0, 0.05) is 13.6 Å². The maximum Gasteiger partial charge on any atom is 0.230 e. The van der Waals surface area contributed by atoms with Crippen molar-refractivity contribution >= 4 is 34.2 Å². The summed E-state index contributed by atoms with van der Waals surface area (Å²) in [6.07, 6.45) is 1.79. The number of rotatable bonds is 3. The first kappa shape index (κ1) is 13.7. The van der Waals surface area contributed by atoms with Gasteiger partial charge in [-0.15, -0.1) is 0 Å². The number of hydrogen-bond donors (Lipinski definition) is 0. The van der Waals surface area contributed by atoms with Crippen LogP contribution in [0, 0.1) is 0 Å². The number of imidazole rings is 2. The normalized spacial score (nSPS) is 11.9. The number of nitrogens with zero attached hydrogens (tertiary/aromatic N) is 5. The Hall–Kier alpha value is -2.95. The molecular formula is C18H17N5. The fourth-order valence-electron chi connectivity index (χ4n) is 2.87. The van der Waals surface area contributed by atoms with E-state index >= 15 is 0 Å². The number of aromatic nitrogens is 4. The second-order valence-corrected chi connectivity index (χ2v) is 5.42. The molecule has 0 amide bonds. The predicted octanol–water partition coefficient (Wildman–Crippen LogP) is 3.69. The average molecular weight is 303 g/mol. The molecule has 0 saturated heterocycles. The van der Waals surface area contributed by atoms with Crippen molar-refractivity contribution in [2.75, 3.05) is 0 Å². The van der Waals surface area contributed by atoms with Gasteiger partial charge in [-0.25, -0.2) is 15.0 Å². The van der Waals surface area contributed by atoms with Gasteiger partial charge in [0.25, 0.3) is 0 Å². The van der Waals surface area contributed by atoms with Crippen LogP contribution in [-0.4, -0.2) is 25.3 Å². The topological polar surface area (TPSA) is 48.0 Å². The Kier molecular flexibility index (Phi) is 3.19. The van der Waals surface area contributed by atoms with Gasteiger partial charge in [0.05, 0.1) is 28.3 Å². The van der Waals surface area contributed by atoms with Crippen molar-refractivity contribution in [1.82, 2.24) is 19.1 Å². The molecular weight excluding hydrogens is 286 g/mol. The summed E-state index contributed by atoms with van der Waals surface area (Å²) in [5, 5.41) is 0. The monoisotopic (exact) mass is 303 g/mol. The minimum atomic E-state index is 0.709.